The summed E-state index contributed by atoms with van der Waals surface area (Å²) >= 11 is 0. The second-order valence-electron chi connectivity index (χ2n) is 8.94. The molecule has 1 N–H and O–H groups in total. The number of ether oxygens (including phenoxy) is 2. The van der Waals surface area contributed by atoms with Gasteiger partial charge in [0.25, 0.3) is 11.8 Å². The Balaban J connectivity index is 1.27. The lowest BCUT2D eigenvalue weighted by Crippen LogP contribution is -2.38. The molecule has 36 heavy (non-hydrogen) atoms. The van der Waals surface area contributed by atoms with E-state index in [9.17, 15) is 14.4 Å². The highest BCUT2D eigenvalue weighted by Gasteiger charge is 2.29. The number of aromatic nitrogens is 1. The van der Waals surface area contributed by atoms with Crippen LogP contribution >= 0.6 is 0 Å². The fourth-order valence-electron chi connectivity index (χ4n) is 3.88. The van der Waals surface area contributed by atoms with Gasteiger partial charge in [-0.15, -0.1) is 0 Å². The maximum Gasteiger partial charge on any atom is 0.273 e. The molecule has 0 spiro atoms. The molecular formula is C27H27N3O6. The molecule has 1 fully saturated rings. The first kappa shape index (κ1) is 23.6. The van der Waals surface area contributed by atoms with Gasteiger partial charge in [0.15, 0.2) is 24.7 Å². The SMILES string of the molecule is CCc1ccc(OCC(=O)c2ccc3c(c2)N(Cc2nc(C(=O)NCC4CC4)co2)C(=O)CO3)cc1. The van der Waals surface area contributed by atoms with Gasteiger partial charge in [-0.05, 0) is 61.1 Å². The van der Waals surface area contributed by atoms with Crippen LogP contribution in [0.4, 0.5) is 5.69 Å². The number of rotatable bonds is 10. The summed E-state index contributed by atoms with van der Waals surface area (Å²) in [4.78, 5) is 43.5. The number of carbonyl (C=O) groups excluding carboxylic acids is 3. The fourth-order valence-corrected chi connectivity index (χ4v) is 3.88. The molecule has 9 heteroatoms. The summed E-state index contributed by atoms with van der Waals surface area (Å²) in [7, 11) is 0. The summed E-state index contributed by atoms with van der Waals surface area (Å²) in [5, 5.41) is 2.84. The maximum atomic E-state index is 12.8. The van der Waals surface area contributed by atoms with Crippen LogP contribution in [0.25, 0.3) is 0 Å². The van der Waals surface area contributed by atoms with Gasteiger partial charge in [-0.2, -0.15) is 0 Å². The number of ketones is 1. The molecule has 0 bridgehead atoms. The average molecular weight is 490 g/mol. The first-order valence-electron chi connectivity index (χ1n) is 12.0. The van der Waals surface area contributed by atoms with E-state index in [0.717, 1.165) is 19.3 Å². The standard InChI is InChI=1S/C27H27N3O6/c1-2-17-5-8-20(9-6-17)34-15-23(31)19-7-10-24-22(11-19)30(26(32)16-35-24)13-25-29-21(14-36-25)27(33)28-12-18-3-4-18/h5-11,14,18H,2-4,12-13,15-16H2,1H3,(H,28,33). The zero-order valence-electron chi connectivity index (χ0n) is 20.0. The highest BCUT2D eigenvalue weighted by atomic mass is 16.5. The number of carbonyl (C=O) groups is 3. The number of aryl methyl sites for hydroxylation is 1. The number of oxazole rings is 1. The highest BCUT2D eigenvalue weighted by Crippen LogP contribution is 2.34. The van der Waals surface area contributed by atoms with Gasteiger partial charge in [-0.25, -0.2) is 4.98 Å². The fraction of sp³-hybridized carbons (Fsp3) is 0.333. The van der Waals surface area contributed by atoms with Crippen LogP contribution < -0.4 is 19.7 Å². The summed E-state index contributed by atoms with van der Waals surface area (Å²) in [6, 6.07) is 12.5. The van der Waals surface area contributed by atoms with E-state index in [1.54, 1.807) is 18.2 Å². The van der Waals surface area contributed by atoms with Crippen molar-refractivity contribution < 1.29 is 28.3 Å². The van der Waals surface area contributed by atoms with Gasteiger partial charge in [0.2, 0.25) is 5.89 Å². The van der Waals surface area contributed by atoms with Crippen molar-refractivity contribution in [3.8, 4) is 11.5 Å². The molecule has 186 valence electrons. The predicted molar refractivity (Wildman–Crippen MR) is 130 cm³/mol. The van der Waals surface area contributed by atoms with Crippen molar-refractivity contribution in [2.45, 2.75) is 32.7 Å². The van der Waals surface area contributed by atoms with Gasteiger partial charge in [-0.1, -0.05) is 19.1 Å². The number of hydrogen-bond acceptors (Lipinski definition) is 7. The van der Waals surface area contributed by atoms with E-state index in [1.165, 1.54) is 16.7 Å². The summed E-state index contributed by atoms with van der Waals surface area (Å²) in [5.74, 6) is 0.993. The van der Waals surface area contributed by atoms with E-state index in [-0.39, 0.29) is 48.9 Å². The predicted octanol–water partition coefficient (Wildman–Crippen LogP) is 3.56. The molecular weight excluding hydrogens is 462 g/mol. The third-order valence-electron chi connectivity index (χ3n) is 6.25. The van der Waals surface area contributed by atoms with E-state index in [0.29, 0.717) is 35.2 Å². The Morgan fingerprint density at radius 1 is 1.17 bits per heavy atom. The second kappa shape index (κ2) is 10.2. The Kier molecular flexibility index (Phi) is 6.71. The van der Waals surface area contributed by atoms with Gasteiger partial charge in [0, 0.05) is 12.1 Å². The van der Waals surface area contributed by atoms with Gasteiger partial charge in [0.1, 0.15) is 24.3 Å². The Hall–Kier alpha value is -4.14. The van der Waals surface area contributed by atoms with E-state index in [4.69, 9.17) is 13.9 Å². The quantitative estimate of drug-likeness (QED) is 0.434. The molecule has 3 aromatic rings. The van der Waals surface area contributed by atoms with Crippen LogP contribution in [-0.4, -0.2) is 42.3 Å². The number of hydrogen-bond donors (Lipinski definition) is 1. The van der Waals surface area contributed by atoms with Gasteiger partial charge in [0.05, 0.1) is 5.69 Å². The normalized spacial score (nSPS) is 14.7. The average Bonchev–Trinajstić information content (AvgIpc) is 3.62. The zero-order chi connectivity index (χ0) is 25.1. The number of Topliss-reactive ketones (excluding diaryl/α,β-unsaturated/α-hetero) is 1. The molecule has 1 aliphatic carbocycles. The molecule has 1 aromatic heterocycles. The van der Waals surface area contributed by atoms with Crippen LogP contribution in [0.15, 0.2) is 53.1 Å². The molecule has 0 atom stereocenters. The number of anilines is 1. The van der Waals surface area contributed by atoms with Crippen LogP contribution in [0, 0.1) is 5.92 Å². The van der Waals surface area contributed by atoms with E-state index < -0.39 is 0 Å². The molecule has 1 aliphatic heterocycles. The first-order chi connectivity index (χ1) is 17.5. The molecule has 9 nitrogen and oxygen atoms in total. The summed E-state index contributed by atoms with van der Waals surface area (Å²) < 4.78 is 16.7. The third-order valence-corrected chi connectivity index (χ3v) is 6.25. The van der Waals surface area contributed by atoms with Crippen molar-refractivity contribution in [2.75, 3.05) is 24.7 Å². The first-order valence-corrected chi connectivity index (χ1v) is 12.0. The van der Waals surface area contributed by atoms with Crippen LogP contribution in [0.1, 0.15) is 52.1 Å². The molecule has 1 saturated carbocycles. The molecule has 2 heterocycles. The summed E-state index contributed by atoms with van der Waals surface area (Å²) in [6.45, 7) is 2.41. The number of fused-ring (bicyclic) bond motifs is 1. The van der Waals surface area contributed by atoms with Crippen LogP contribution in [0.2, 0.25) is 0 Å². The maximum absolute atomic E-state index is 12.8. The van der Waals surface area contributed by atoms with Crippen molar-refractivity contribution in [3.63, 3.8) is 0 Å². The van der Waals surface area contributed by atoms with Crippen LogP contribution in [-0.2, 0) is 17.8 Å². The third kappa shape index (κ3) is 5.40. The lowest BCUT2D eigenvalue weighted by Gasteiger charge is -2.28. The smallest absolute Gasteiger partial charge is 0.273 e. The Morgan fingerprint density at radius 3 is 2.72 bits per heavy atom. The number of nitrogens with zero attached hydrogens (tertiary/aromatic N) is 2. The molecule has 2 amide bonds. The second-order valence-corrected chi connectivity index (χ2v) is 8.94. The molecule has 0 radical (unpaired) electrons. The van der Waals surface area contributed by atoms with Crippen molar-refractivity contribution in [1.82, 2.24) is 10.3 Å². The molecule has 0 unspecified atom stereocenters. The summed E-state index contributed by atoms with van der Waals surface area (Å²) in [5.41, 5.74) is 2.17. The Morgan fingerprint density at radius 2 is 1.97 bits per heavy atom. The van der Waals surface area contributed by atoms with Crippen molar-refractivity contribution >= 4 is 23.3 Å². The van der Waals surface area contributed by atoms with Crippen LogP contribution in [0.5, 0.6) is 11.5 Å². The topological polar surface area (TPSA) is 111 Å². The Bertz CT molecular complexity index is 1280. The molecule has 0 saturated heterocycles. The minimum Gasteiger partial charge on any atom is -0.485 e. The van der Waals surface area contributed by atoms with Gasteiger partial charge in [-0.3, -0.25) is 19.3 Å². The Labute approximate surface area is 208 Å². The van der Waals surface area contributed by atoms with Gasteiger partial charge < -0.3 is 19.2 Å². The molecule has 2 aliphatic rings. The minimum absolute atomic E-state index is 0.00300. The number of nitrogens with one attached hydrogen (secondary N) is 1. The molecule has 5 rings (SSSR count). The largest absolute Gasteiger partial charge is 0.485 e. The van der Waals surface area contributed by atoms with E-state index >= 15 is 0 Å². The van der Waals surface area contributed by atoms with E-state index in [2.05, 4.69) is 17.2 Å². The van der Waals surface area contributed by atoms with Crippen LogP contribution in [0.3, 0.4) is 0 Å². The van der Waals surface area contributed by atoms with E-state index in [1.807, 2.05) is 24.3 Å². The van der Waals surface area contributed by atoms with Crippen molar-refractivity contribution in [1.29, 1.82) is 0 Å². The van der Waals surface area contributed by atoms with Crippen molar-refractivity contribution in [3.05, 3.63) is 71.4 Å². The lowest BCUT2D eigenvalue weighted by atomic mass is 10.1. The molecule has 2 aromatic carbocycles. The minimum atomic E-state index is -0.308. The van der Waals surface area contributed by atoms with Gasteiger partial charge >= 0.3 is 0 Å². The summed E-state index contributed by atoms with van der Waals surface area (Å²) in [6.07, 6.45) is 4.47. The number of amides is 2. The zero-order valence-corrected chi connectivity index (χ0v) is 20.0. The lowest BCUT2D eigenvalue weighted by molar-refractivity contribution is -0.121. The number of benzene rings is 2. The monoisotopic (exact) mass is 489 g/mol. The van der Waals surface area contributed by atoms with Crippen molar-refractivity contribution in [2.24, 2.45) is 5.92 Å². The highest BCUT2D eigenvalue weighted by molar-refractivity contribution is 6.02.